The fourth-order valence-corrected chi connectivity index (χ4v) is 1.71. The number of furan rings is 1. The van der Waals surface area contributed by atoms with Crippen molar-refractivity contribution < 1.29 is 13.6 Å². The average molecular weight is 273 g/mol. The Kier molecular flexibility index (Phi) is 3.04. The van der Waals surface area contributed by atoms with E-state index >= 15 is 0 Å². The van der Waals surface area contributed by atoms with Crippen LogP contribution >= 0.6 is 0 Å². The molecule has 8 nitrogen and oxygen atoms in total. The largest absolute Gasteiger partial charge is 0.459 e. The summed E-state index contributed by atoms with van der Waals surface area (Å²) < 4.78 is 12.0. The van der Waals surface area contributed by atoms with Crippen molar-refractivity contribution in [1.29, 1.82) is 0 Å². The lowest BCUT2D eigenvalue weighted by molar-refractivity contribution is 0.101. The number of aryl methyl sites for hydroxylation is 1. The van der Waals surface area contributed by atoms with Gasteiger partial charge in [0.15, 0.2) is 5.76 Å². The predicted molar refractivity (Wildman–Crippen MR) is 67.9 cm³/mol. The van der Waals surface area contributed by atoms with Gasteiger partial charge in [-0.05, 0) is 25.1 Å². The Hall–Kier alpha value is -2.90. The highest BCUT2D eigenvalue weighted by Crippen LogP contribution is 2.20. The lowest BCUT2D eigenvalue weighted by Gasteiger charge is -2.02. The molecular weight excluding hydrogens is 262 g/mol. The van der Waals surface area contributed by atoms with Crippen LogP contribution in [-0.4, -0.2) is 25.9 Å². The van der Waals surface area contributed by atoms with Gasteiger partial charge in [-0.3, -0.25) is 14.8 Å². The zero-order chi connectivity index (χ0) is 13.9. The third-order valence-electron chi connectivity index (χ3n) is 2.63. The number of hydrogen-bond acceptors (Lipinski definition) is 6. The fourth-order valence-electron chi connectivity index (χ4n) is 1.71. The molecule has 1 N–H and O–H groups in total. The van der Waals surface area contributed by atoms with Crippen molar-refractivity contribution in [3.8, 4) is 11.7 Å². The van der Waals surface area contributed by atoms with Gasteiger partial charge in [0.1, 0.15) is 5.69 Å². The lowest BCUT2D eigenvalue weighted by Crippen LogP contribution is -2.17. The van der Waals surface area contributed by atoms with Crippen LogP contribution in [0.2, 0.25) is 0 Å². The summed E-state index contributed by atoms with van der Waals surface area (Å²) >= 11 is 0. The van der Waals surface area contributed by atoms with Crippen LogP contribution in [0.1, 0.15) is 17.4 Å². The highest BCUT2D eigenvalue weighted by atomic mass is 16.4. The van der Waals surface area contributed by atoms with Crippen LogP contribution in [0.25, 0.3) is 11.7 Å². The van der Waals surface area contributed by atoms with E-state index in [1.165, 1.54) is 6.26 Å². The van der Waals surface area contributed by atoms with Crippen molar-refractivity contribution in [1.82, 2.24) is 20.0 Å². The van der Waals surface area contributed by atoms with Crippen LogP contribution in [0.15, 0.2) is 39.5 Å². The maximum absolute atomic E-state index is 12.0. The van der Waals surface area contributed by atoms with E-state index in [2.05, 4.69) is 20.6 Å². The number of anilines is 1. The summed E-state index contributed by atoms with van der Waals surface area (Å²) in [5.41, 5.74) is 0.422. The molecule has 0 bridgehead atoms. The van der Waals surface area contributed by atoms with E-state index in [-0.39, 0.29) is 17.8 Å². The number of amides is 1. The number of carbonyl (C=O) groups excluding carboxylic acids is 1. The molecule has 1 amide bonds. The van der Waals surface area contributed by atoms with Gasteiger partial charge in [-0.1, -0.05) is 5.10 Å². The Balaban J connectivity index is 1.77. The quantitative estimate of drug-likeness (QED) is 0.778. The third kappa shape index (κ3) is 2.18. The molecule has 3 aromatic heterocycles. The summed E-state index contributed by atoms with van der Waals surface area (Å²) in [6.45, 7) is 2.49. The Morgan fingerprint density at radius 2 is 2.30 bits per heavy atom. The number of hydrogen-bond donors (Lipinski definition) is 1. The molecule has 0 saturated heterocycles. The first-order chi connectivity index (χ1) is 9.78. The Bertz CT molecular complexity index is 713. The molecule has 0 aliphatic heterocycles. The highest BCUT2D eigenvalue weighted by molar-refractivity contribution is 6.01. The lowest BCUT2D eigenvalue weighted by atomic mass is 10.4. The molecule has 3 heterocycles. The Labute approximate surface area is 113 Å². The van der Waals surface area contributed by atoms with E-state index in [0.29, 0.717) is 18.0 Å². The maximum atomic E-state index is 12.0. The Morgan fingerprint density at radius 3 is 3.05 bits per heavy atom. The van der Waals surface area contributed by atoms with E-state index < -0.39 is 0 Å². The van der Waals surface area contributed by atoms with Gasteiger partial charge in [-0.25, -0.2) is 0 Å². The van der Waals surface area contributed by atoms with Crippen LogP contribution in [-0.2, 0) is 6.54 Å². The molecule has 0 fully saturated rings. The molecular formula is C12H11N5O3. The first-order valence-electron chi connectivity index (χ1n) is 5.98. The maximum Gasteiger partial charge on any atom is 0.322 e. The predicted octanol–water partition coefficient (Wildman–Crippen LogP) is 1.80. The molecule has 0 aliphatic carbocycles. The molecule has 3 rings (SSSR count). The van der Waals surface area contributed by atoms with Crippen LogP contribution in [0, 0.1) is 0 Å². The minimum absolute atomic E-state index is 0.00486. The van der Waals surface area contributed by atoms with E-state index in [0.717, 1.165) is 0 Å². The van der Waals surface area contributed by atoms with Gasteiger partial charge in [0, 0.05) is 12.7 Å². The number of carbonyl (C=O) groups is 1. The van der Waals surface area contributed by atoms with Gasteiger partial charge >= 0.3 is 6.01 Å². The fraction of sp³-hybridized carbons (Fsp3) is 0.167. The second-order valence-corrected chi connectivity index (χ2v) is 3.88. The minimum Gasteiger partial charge on any atom is -0.459 e. The highest BCUT2D eigenvalue weighted by Gasteiger charge is 2.16. The summed E-state index contributed by atoms with van der Waals surface area (Å²) in [4.78, 5) is 12.0. The minimum atomic E-state index is -0.362. The van der Waals surface area contributed by atoms with Crippen LogP contribution < -0.4 is 5.32 Å². The SMILES string of the molecule is CCn1nccc1C(=O)Nc1nnc(-c2ccco2)o1. The molecule has 0 aliphatic rings. The van der Waals surface area contributed by atoms with Crippen molar-refractivity contribution in [3.05, 3.63) is 36.4 Å². The first-order valence-corrected chi connectivity index (χ1v) is 5.98. The van der Waals surface area contributed by atoms with Gasteiger partial charge in [0.05, 0.1) is 6.26 Å². The van der Waals surface area contributed by atoms with E-state index in [1.807, 2.05) is 6.92 Å². The van der Waals surface area contributed by atoms with Crippen molar-refractivity contribution in [2.24, 2.45) is 0 Å². The topological polar surface area (TPSA) is 99.0 Å². The molecule has 0 unspecified atom stereocenters. The van der Waals surface area contributed by atoms with Crippen molar-refractivity contribution in [3.63, 3.8) is 0 Å². The average Bonchev–Trinajstić information content (AvgIpc) is 3.19. The molecule has 0 aromatic carbocycles. The van der Waals surface area contributed by atoms with E-state index in [4.69, 9.17) is 8.83 Å². The van der Waals surface area contributed by atoms with Crippen molar-refractivity contribution >= 4 is 11.9 Å². The summed E-state index contributed by atoms with van der Waals surface area (Å²) in [5.74, 6) is 0.282. The molecule has 8 heteroatoms. The summed E-state index contributed by atoms with van der Waals surface area (Å²) in [6.07, 6.45) is 3.05. The van der Waals surface area contributed by atoms with Gasteiger partial charge in [0.25, 0.3) is 11.8 Å². The Morgan fingerprint density at radius 1 is 1.40 bits per heavy atom. The number of nitrogens with zero attached hydrogens (tertiary/aromatic N) is 4. The number of nitrogens with one attached hydrogen (secondary N) is 1. The summed E-state index contributed by atoms with van der Waals surface area (Å²) in [6, 6.07) is 5.01. The van der Waals surface area contributed by atoms with Gasteiger partial charge in [-0.2, -0.15) is 5.10 Å². The molecule has 102 valence electrons. The first kappa shape index (κ1) is 12.2. The standard InChI is InChI=1S/C12H11N5O3/c1-2-17-8(5-6-13-17)10(18)14-12-16-15-11(20-12)9-4-3-7-19-9/h3-7H,2H2,1H3,(H,14,16,18). The molecule has 0 radical (unpaired) electrons. The summed E-state index contributed by atoms with van der Waals surface area (Å²) in [7, 11) is 0. The van der Waals surface area contributed by atoms with Crippen molar-refractivity contribution in [2.75, 3.05) is 5.32 Å². The number of rotatable bonds is 4. The van der Waals surface area contributed by atoms with Crippen LogP contribution in [0.5, 0.6) is 0 Å². The smallest absolute Gasteiger partial charge is 0.322 e. The zero-order valence-electron chi connectivity index (χ0n) is 10.6. The van der Waals surface area contributed by atoms with E-state index in [9.17, 15) is 4.79 Å². The van der Waals surface area contributed by atoms with Crippen LogP contribution in [0.4, 0.5) is 6.01 Å². The molecule has 0 atom stereocenters. The van der Waals surface area contributed by atoms with Crippen LogP contribution in [0.3, 0.4) is 0 Å². The molecule has 3 aromatic rings. The second-order valence-electron chi connectivity index (χ2n) is 3.88. The van der Waals surface area contributed by atoms with Crippen molar-refractivity contribution in [2.45, 2.75) is 13.5 Å². The van der Waals surface area contributed by atoms with Gasteiger partial charge in [0.2, 0.25) is 0 Å². The molecule has 20 heavy (non-hydrogen) atoms. The third-order valence-corrected chi connectivity index (χ3v) is 2.63. The molecule has 0 spiro atoms. The normalized spacial score (nSPS) is 10.7. The van der Waals surface area contributed by atoms with E-state index in [1.54, 1.807) is 29.1 Å². The van der Waals surface area contributed by atoms with Gasteiger partial charge in [-0.15, -0.1) is 5.10 Å². The van der Waals surface area contributed by atoms with Gasteiger partial charge < -0.3 is 8.83 Å². The number of aromatic nitrogens is 4. The molecule has 0 saturated carbocycles. The summed E-state index contributed by atoms with van der Waals surface area (Å²) in [5, 5.41) is 14.1. The monoisotopic (exact) mass is 273 g/mol. The second kappa shape index (κ2) is 5.00. The zero-order valence-corrected chi connectivity index (χ0v) is 10.6.